The van der Waals surface area contributed by atoms with Crippen LogP contribution in [0.25, 0.3) is 0 Å². The van der Waals surface area contributed by atoms with Gasteiger partial charge in [-0.05, 0) is 33.4 Å². The van der Waals surface area contributed by atoms with Crippen molar-refractivity contribution in [2.24, 2.45) is 0 Å². The van der Waals surface area contributed by atoms with Gasteiger partial charge < -0.3 is 47.4 Å². The van der Waals surface area contributed by atoms with Gasteiger partial charge in [0.15, 0.2) is 12.6 Å². The highest BCUT2D eigenvalue weighted by Gasteiger charge is 2.50. The molecule has 9 atom stereocenters. The van der Waals surface area contributed by atoms with E-state index in [-0.39, 0.29) is 13.2 Å². The Morgan fingerprint density at radius 2 is 0.738 bits per heavy atom. The van der Waals surface area contributed by atoms with Crippen molar-refractivity contribution in [2.45, 2.75) is 101 Å². The third-order valence-electron chi connectivity index (χ3n) is 11.6. The molecule has 0 saturated carbocycles. The molecular formula is C55H60O10. The molecule has 6 aromatic carbocycles. The van der Waals surface area contributed by atoms with E-state index >= 15 is 0 Å². The normalized spacial score (nSPS) is 24.4. The molecule has 340 valence electrons. The lowest BCUT2D eigenvalue weighted by atomic mass is 9.97. The Morgan fingerprint density at radius 3 is 1.18 bits per heavy atom. The number of rotatable bonds is 23. The molecule has 0 amide bonds. The van der Waals surface area contributed by atoms with E-state index in [2.05, 4.69) is 24.3 Å². The van der Waals surface area contributed by atoms with E-state index in [1.807, 2.05) is 158 Å². The molecule has 0 aromatic heterocycles. The fourth-order valence-electron chi connectivity index (χ4n) is 8.19. The molecule has 2 aliphatic rings. The largest absolute Gasteiger partial charge is 0.374 e. The molecule has 0 aliphatic carbocycles. The molecule has 10 heteroatoms. The van der Waals surface area contributed by atoms with Crippen molar-refractivity contribution in [1.29, 1.82) is 0 Å². The van der Waals surface area contributed by atoms with Crippen molar-refractivity contribution in [2.75, 3.05) is 20.3 Å². The van der Waals surface area contributed by atoms with Gasteiger partial charge in [0.25, 0.3) is 0 Å². The number of methoxy groups -OCH3 is 1. The number of hydrogen-bond donors (Lipinski definition) is 0. The van der Waals surface area contributed by atoms with Gasteiger partial charge in [-0.25, -0.2) is 0 Å². The van der Waals surface area contributed by atoms with Gasteiger partial charge in [-0.1, -0.05) is 182 Å². The summed E-state index contributed by atoms with van der Waals surface area (Å²) in [6.07, 6.45) is -5.02. The Kier molecular flexibility index (Phi) is 17.9. The predicted molar refractivity (Wildman–Crippen MR) is 246 cm³/mol. The second-order valence-electron chi connectivity index (χ2n) is 16.3. The Morgan fingerprint density at radius 1 is 0.369 bits per heavy atom. The maximum absolute atomic E-state index is 6.84. The van der Waals surface area contributed by atoms with Gasteiger partial charge in [-0.2, -0.15) is 0 Å². The zero-order valence-corrected chi connectivity index (χ0v) is 37.0. The van der Waals surface area contributed by atoms with Crippen LogP contribution in [0.5, 0.6) is 0 Å². The highest BCUT2D eigenvalue weighted by molar-refractivity contribution is 5.18. The smallest absolute Gasteiger partial charge is 0.186 e. The van der Waals surface area contributed by atoms with Gasteiger partial charge in [0.2, 0.25) is 0 Å². The summed E-state index contributed by atoms with van der Waals surface area (Å²) in [6, 6.07) is 60.6. The molecule has 0 bridgehead atoms. The van der Waals surface area contributed by atoms with E-state index in [1.165, 1.54) is 0 Å². The van der Waals surface area contributed by atoms with Gasteiger partial charge in [-0.3, -0.25) is 0 Å². The average molecular weight is 881 g/mol. The molecule has 0 radical (unpaired) electrons. The molecule has 65 heavy (non-hydrogen) atoms. The van der Waals surface area contributed by atoms with Gasteiger partial charge in [-0.15, -0.1) is 0 Å². The summed E-state index contributed by atoms with van der Waals surface area (Å²) >= 11 is 0. The monoisotopic (exact) mass is 880 g/mol. The van der Waals surface area contributed by atoms with E-state index in [9.17, 15) is 0 Å². The molecule has 2 heterocycles. The Balaban J connectivity index is 1.05. The molecule has 0 N–H and O–H groups in total. The minimum atomic E-state index is -0.797. The summed E-state index contributed by atoms with van der Waals surface area (Å²) < 4.78 is 66.6. The van der Waals surface area contributed by atoms with Crippen LogP contribution in [0.1, 0.15) is 39.8 Å². The highest BCUT2D eigenvalue weighted by Crippen LogP contribution is 2.33. The first-order chi connectivity index (χ1) is 32.2. The van der Waals surface area contributed by atoms with E-state index < -0.39 is 55.3 Å². The lowest BCUT2D eigenvalue weighted by molar-refractivity contribution is -0.334. The van der Waals surface area contributed by atoms with Crippen molar-refractivity contribution in [3.8, 4) is 0 Å². The summed E-state index contributed by atoms with van der Waals surface area (Å²) in [5, 5.41) is 0. The minimum Gasteiger partial charge on any atom is -0.374 e. The zero-order valence-electron chi connectivity index (χ0n) is 37.0. The maximum atomic E-state index is 6.84. The molecule has 2 fully saturated rings. The fraction of sp³-hybridized carbons (Fsp3) is 0.345. The van der Waals surface area contributed by atoms with Crippen LogP contribution in [-0.4, -0.2) is 75.6 Å². The van der Waals surface area contributed by atoms with Crippen molar-refractivity contribution < 1.29 is 47.4 Å². The second kappa shape index (κ2) is 25.0. The topological polar surface area (TPSA) is 92.3 Å². The Hall–Kier alpha value is -5.08. The van der Waals surface area contributed by atoms with Crippen LogP contribution in [0, 0.1) is 0 Å². The van der Waals surface area contributed by atoms with Crippen molar-refractivity contribution >= 4 is 0 Å². The molecule has 0 spiro atoms. The van der Waals surface area contributed by atoms with Crippen LogP contribution < -0.4 is 0 Å². The summed E-state index contributed by atoms with van der Waals surface area (Å²) in [7, 11) is 1.62. The number of ether oxygens (including phenoxy) is 10. The summed E-state index contributed by atoms with van der Waals surface area (Å²) in [5.41, 5.74) is 6.22. The number of benzene rings is 6. The van der Waals surface area contributed by atoms with Crippen LogP contribution >= 0.6 is 0 Å². The first-order valence-corrected chi connectivity index (χ1v) is 22.5. The van der Waals surface area contributed by atoms with Crippen LogP contribution in [0.4, 0.5) is 0 Å². The Bertz CT molecular complexity index is 2190. The van der Waals surface area contributed by atoms with Crippen LogP contribution in [0.3, 0.4) is 0 Å². The summed E-state index contributed by atoms with van der Waals surface area (Å²) in [6.45, 7) is 2.51. The SMILES string of the molecule is COC1OC(COC2CC(OCc3ccccc3)C(OCc3ccccc3)C(COCc3ccccc3)O2)C(OCc2ccccc2)C(OCc2ccccc2)C1OCc1ccccc1. The summed E-state index contributed by atoms with van der Waals surface area (Å²) in [4.78, 5) is 0. The van der Waals surface area contributed by atoms with Crippen molar-refractivity contribution in [3.05, 3.63) is 215 Å². The molecular weight excluding hydrogens is 821 g/mol. The van der Waals surface area contributed by atoms with Gasteiger partial charge in [0.1, 0.15) is 36.6 Å². The van der Waals surface area contributed by atoms with Crippen LogP contribution in [-0.2, 0) is 87.0 Å². The quantitative estimate of drug-likeness (QED) is 0.0620. The predicted octanol–water partition coefficient (Wildman–Crippen LogP) is 9.63. The second-order valence-corrected chi connectivity index (χ2v) is 16.3. The van der Waals surface area contributed by atoms with E-state index in [0.29, 0.717) is 46.1 Å². The molecule has 2 saturated heterocycles. The summed E-state index contributed by atoms with van der Waals surface area (Å²) in [5.74, 6) is 0. The average Bonchev–Trinajstić information content (AvgIpc) is 3.37. The van der Waals surface area contributed by atoms with Crippen molar-refractivity contribution in [3.63, 3.8) is 0 Å². The van der Waals surface area contributed by atoms with Crippen LogP contribution in [0.15, 0.2) is 182 Å². The molecule has 6 aromatic rings. The highest BCUT2D eigenvalue weighted by atomic mass is 16.7. The van der Waals surface area contributed by atoms with E-state index in [4.69, 9.17) is 47.4 Å². The third kappa shape index (κ3) is 14.0. The van der Waals surface area contributed by atoms with Gasteiger partial charge in [0, 0.05) is 13.5 Å². The fourth-order valence-corrected chi connectivity index (χ4v) is 8.19. The van der Waals surface area contributed by atoms with Crippen LogP contribution in [0.2, 0.25) is 0 Å². The van der Waals surface area contributed by atoms with E-state index in [1.54, 1.807) is 7.11 Å². The number of hydrogen-bond acceptors (Lipinski definition) is 10. The molecule has 2 aliphatic heterocycles. The molecule has 10 nitrogen and oxygen atoms in total. The maximum Gasteiger partial charge on any atom is 0.186 e. The van der Waals surface area contributed by atoms with Gasteiger partial charge in [0.05, 0.1) is 59.0 Å². The first-order valence-electron chi connectivity index (χ1n) is 22.5. The first kappa shape index (κ1) is 46.4. The molecule has 9 unspecified atom stereocenters. The van der Waals surface area contributed by atoms with Gasteiger partial charge >= 0.3 is 0 Å². The standard InChI is InChI=1S/C55H60O10/c1-56-55-54(63-38-46-30-18-7-19-31-46)53(62-37-45-28-16-6-17-29-45)52(61-36-44-26-14-5-15-27-44)49(65-55)40-59-50-32-47(58-34-42-22-10-3-11-23-42)51(60-35-43-24-12-4-13-25-43)48(64-50)39-57-33-41-20-8-2-9-21-41/h2-31,47-55H,32-40H2,1H3. The minimum absolute atomic E-state index is 0.0964. The van der Waals surface area contributed by atoms with Crippen molar-refractivity contribution in [1.82, 2.24) is 0 Å². The lowest BCUT2D eigenvalue weighted by Gasteiger charge is -2.46. The zero-order chi connectivity index (χ0) is 44.3. The Labute approximate surface area is 383 Å². The third-order valence-corrected chi connectivity index (χ3v) is 11.6. The van der Waals surface area contributed by atoms with E-state index in [0.717, 1.165) is 33.4 Å². The lowest BCUT2D eigenvalue weighted by Crippen LogP contribution is -2.62. The molecule has 8 rings (SSSR count).